The van der Waals surface area contributed by atoms with Crippen molar-refractivity contribution in [1.82, 2.24) is 15.0 Å². The summed E-state index contributed by atoms with van der Waals surface area (Å²) < 4.78 is 0. The molecule has 1 atom stereocenters. The molecule has 0 aliphatic carbocycles. The number of aliphatic carboxylic acids is 1. The third-order valence-electron chi connectivity index (χ3n) is 9.11. The lowest BCUT2D eigenvalue weighted by atomic mass is 9.92. The van der Waals surface area contributed by atoms with E-state index in [1.807, 2.05) is 18.2 Å². The fourth-order valence-corrected chi connectivity index (χ4v) is 6.48. The molecule has 4 aromatic rings. The number of hydrogen-bond acceptors (Lipinski definition) is 7. The van der Waals surface area contributed by atoms with Crippen molar-refractivity contribution in [3.8, 4) is 11.1 Å². The number of aryl methyl sites for hydroxylation is 2. The maximum Gasteiger partial charge on any atom is 0.308 e. The predicted molar refractivity (Wildman–Crippen MR) is 176 cm³/mol. The molecule has 2 aliphatic rings. The number of hydrogen-bond donors (Lipinski definition) is 3. The van der Waals surface area contributed by atoms with E-state index in [0.29, 0.717) is 25.3 Å². The molecule has 0 unspecified atom stereocenters. The lowest BCUT2D eigenvalue weighted by molar-refractivity contribution is -0.141. The van der Waals surface area contributed by atoms with Gasteiger partial charge in [0.15, 0.2) is 0 Å². The zero-order valence-corrected chi connectivity index (χ0v) is 25.5. The molecule has 2 aromatic heterocycles. The number of rotatable bonds is 11. The highest BCUT2D eigenvalue weighted by molar-refractivity contribution is 5.71. The zero-order chi connectivity index (χ0) is 30.3. The SMILES string of the molecule is CCc1c(NC[C@H](CCc2ccc(-c3ccccc3)cc2)C(=O)O)ncnc1N1CCC(c2ccc3c(n2)NCCC3)CC1. The minimum Gasteiger partial charge on any atom is -0.481 e. The average Bonchev–Trinajstić information content (AvgIpc) is 3.08. The van der Waals surface area contributed by atoms with E-state index < -0.39 is 11.9 Å². The summed E-state index contributed by atoms with van der Waals surface area (Å²) in [4.78, 5) is 28.7. The Hall–Kier alpha value is -4.46. The van der Waals surface area contributed by atoms with Gasteiger partial charge in [0, 0.05) is 43.4 Å². The van der Waals surface area contributed by atoms with Crippen molar-refractivity contribution < 1.29 is 9.90 Å². The van der Waals surface area contributed by atoms with Gasteiger partial charge >= 0.3 is 5.97 Å². The second-order valence-electron chi connectivity index (χ2n) is 11.9. The van der Waals surface area contributed by atoms with Crippen LogP contribution >= 0.6 is 0 Å². The van der Waals surface area contributed by atoms with E-state index in [1.165, 1.54) is 23.2 Å². The fourth-order valence-electron chi connectivity index (χ4n) is 6.48. The van der Waals surface area contributed by atoms with Gasteiger partial charge in [-0.05, 0) is 73.3 Å². The summed E-state index contributed by atoms with van der Waals surface area (Å²) in [5.74, 6) is 1.88. The highest BCUT2D eigenvalue weighted by atomic mass is 16.4. The van der Waals surface area contributed by atoms with Crippen LogP contribution in [0.2, 0.25) is 0 Å². The minimum atomic E-state index is -0.793. The van der Waals surface area contributed by atoms with E-state index >= 15 is 0 Å². The van der Waals surface area contributed by atoms with Crippen LogP contribution in [-0.4, -0.2) is 52.2 Å². The Morgan fingerprint density at radius 2 is 1.80 bits per heavy atom. The number of benzene rings is 2. The number of carboxylic acids is 1. The normalized spacial score (nSPS) is 15.7. The number of piperidine rings is 1. The molecule has 8 heteroatoms. The van der Waals surface area contributed by atoms with Gasteiger partial charge in [0.2, 0.25) is 0 Å². The Kier molecular flexibility index (Phi) is 9.34. The number of aromatic nitrogens is 3. The number of fused-ring (bicyclic) bond motifs is 1. The quantitative estimate of drug-likeness (QED) is 0.180. The summed E-state index contributed by atoms with van der Waals surface area (Å²) in [5.41, 5.74) is 7.03. The molecule has 6 rings (SSSR count). The van der Waals surface area contributed by atoms with Crippen LogP contribution in [-0.2, 0) is 24.1 Å². The second kappa shape index (κ2) is 13.9. The summed E-state index contributed by atoms with van der Waals surface area (Å²) in [7, 11) is 0. The van der Waals surface area contributed by atoms with Crippen molar-refractivity contribution >= 4 is 23.4 Å². The van der Waals surface area contributed by atoms with Crippen molar-refractivity contribution in [3.63, 3.8) is 0 Å². The van der Waals surface area contributed by atoms with Gasteiger partial charge < -0.3 is 20.6 Å². The molecule has 0 radical (unpaired) electrons. The van der Waals surface area contributed by atoms with Crippen LogP contribution in [0.4, 0.5) is 17.5 Å². The van der Waals surface area contributed by atoms with Gasteiger partial charge in [0.05, 0.1) is 5.92 Å². The van der Waals surface area contributed by atoms with E-state index in [9.17, 15) is 9.90 Å². The molecular formula is C36H42N6O2. The zero-order valence-electron chi connectivity index (χ0n) is 25.5. The van der Waals surface area contributed by atoms with Gasteiger partial charge in [-0.1, -0.05) is 67.6 Å². The summed E-state index contributed by atoms with van der Waals surface area (Å²) >= 11 is 0. The molecule has 0 spiro atoms. The molecule has 0 amide bonds. The molecule has 0 saturated carbocycles. The average molecular weight is 591 g/mol. The summed E-state index contributed by atoms with van der Waals surface area (Å²) in [5, 5.41) is 16.8. The number of anilines is 3. The number of nitrogens with one attached hydrogen (secondary N) is 2. The molecule has 2 aliphatic heterocycles. The van der Waals surface area contributed by atoms with E-state index in [-0.39, 0.29) is 0 Å². The first-order chi connectivity index (χ1) is 21.6. The Balaban J connectivity index is 1.06. The Morgan fingerprint density at radius 1 is 1.02 bits per heavy atom. The summed E-state index contributed by atoms with van der Waals surface area (Å²) in [6, 6.07) is 23.2. The number of pyridine rings is 1. The molecule has 2 aromatic carbocycles. The van der Waals surface area contributed by atoms with Crippen molar-refractivity contribution in [1.29, 1.82) is 0 Å². The van der Waals surface area contributed by atoms with Crippen LogP contribution in [0.1, 0.15) is 60.9 Å². The first kappa shape index (κ1) is 29.6. The second-order valence-corrected chi connectivity index (χ2v) is 11.9. The smallest absolute Gasteiger partial charge is 0.308 e. The van der Waals surface area contributed by atoms with E-state index in [2.05, 4.69) is 81.0 Å². The van der Waals surface area contributed by atoms with Crippen molar-refractivity contribution in [2.24, 2.45) is 5.92 Å². The molecule has 0 bridgehead atoms. The molecule has 44 heavy (non-hydrogen) atoms. The lowest BCUT2D eigenvalue weighted by Crippen LogP contribution is -2.35. The largest absolute Gasteiger partial charge is 0.481 e. The first-order valence-corrected chi connectivity index (χ1v) is 16.0. The van der Waals surface area contributed by atoms with Gasteiger partial charge in [-0.2, -0.15) is 0 Å². The fraction of sp³-hybridized carbons (Fsp3) is 0.389. The summed E-state index contributed by atoms with van der Waals surface area (Å²) in [6.07, 6.45) is 7.94. The van der Waals surface area contributed by atoms with Crippen LogP contribution in [0.5, 0.6) is 0 Å². The van der Waals surface area contributed by atoms with Crippen LogP contribution in [0, 0.1) is 5.92 Å². The third-order valence-corrected chi connectivity index (χ3v) is 9.11. The van der Waals surface area contributed by atoms with Gasteiger partial charge in [-0.25, -0.2) is 15.0 Å². The molecule has 8 nitrogen and oxygen atoms in total. The van der Waals surface area contributed by atoms with Crippen LogP contribution < -0.4 is 15.5 Å². The van der Waals surface area contributed by atoms with E-state index in [1.54, 1.807) is 6.33 Å². The predicted octanol–water partition coefficient (Wildman–Crippen LogP) is 6.59. The van der Waals surface area contributed by atoms with Crippen LogP contribution in [0.15, 0.2) is 73.1 Å². The number of nitrogens with zero attached hydrogens (tertiary/aromatic N) is 4. The third kappa shape index (κ3) is 6.85. The van der Waals surface area contributed by atoms with Crippen LogP contribution in [0.25, 0.3) is 11.1 Å². The van der Waals surface area contributed by atoms with E-state index in [4.69, 9.17) is 4.98 Å². The highest BCUT2D eigenvalue weighted by Crippen LogP contribution is 2.33. The molecule has 1 fully saturated rings. The van der Waals surface area contributed by atoms with Gasteiger partial charge in [0.25, 0.3) is 0 Å². The van der Waals surface area contributed by atoms with Crippen molar-refractivity contribution in [2.75, 3.05) is 41.7 Å². The molecular weight excluding hydrogens is 548 g/mol. The molecule has 3 N–H and O–H groups in total. The minimum absolute atomic E-state index is 0.320. The Labute approximate surface area is 260 Å². The maximum absolute atomic E-state index is 12.2. The van der Waals surface area contributed by atoms with Crippen molar-refractivity contribution in [3.05, 3.63) is 95.4 Å². The van der Waals surface area contributed by atoms with Crippen LogP contribution in [0.3, 0.4) is 0 Å². The lowest BCUT2D eigenvalue weighted by Gasteiger charge is -2.34. The number of carbonyl (C=O) groups is 1. The number of carboxylic acid groups (broad SMARTS) is 1. The molecule has 228 valence electrons. The van der Waals surface area contributed by atoms with Gasteiger partial charge in [0.1, 0.15) is 23.8 Å². The highest BCUT2D eigenvalue weighted by Gasteiger charge is 2.26. The monoisotopic (exact) mass is 590 g/mol. The Morgan fingerprint density at radius 3 is 2.55 bits per heavy atom. The van der Waals surface area contributed by atoms with Crippen molar-refractivity contribution in [2.45, 2.75) is 57.8 Å². The first-order valence-electron chi connectivity index (χ1n) is 16.0. The van der Waals surface area contributed by atoms with E-state index in [0.717, 1.165) is 79.5 Å². The topological polar surface area (TPSA) is 103 Å². The summed E-state index contributed by atoms with van der Waals surface area (Å²) in [6.45, 7) is 5.24. The standard InChI is InChI=1S/C36H42N6O2/c1-2-31-34(38-23-30(36(43)44)15-12-25-10-13-27(14-11-25)26-7-4-3-5-8-26)39-24-40-35(31)42-21-18-28(19-22-42)32-17-16-29-9-6-20-37-33(29)41-32/h3-5,7-8,10-11,13-14,16-17,24,28,30H,2,6,9,12,15,18-23H2,1H3,(H,37,41)(H,43,44)(H,38,39,40)/t30-/m0/s1. The molecule has 4 heterocycles. The maximum atomic E-state index is 12.2. The van der Waals surface area contributed by atoms with Gasteiger partial charge in [-0.15, -0.1) is 0 Å². The van der Waals surface area contributed by atoms with Gasteiger partial charge in [-0.3, -0.25) is 4.79 Å². The Bertz CT molecular complexity index is 1550. The molecule has 1 saturated heterocycles.